The van der Waals surface area contributed by atoms with Gasteiger partial charge >= 0.3 is 0 Å². The van der Waals surface area contributed by atoms with E-state index in [4.69, 9.17) is 0 Å². The first kappa shape index (κ1) is 19.5. The van der Waals surface area contributed by atoms with E-state index in [2.05, 4.69) is 30.2 Å². The molecule has 0 saturated heterocycles. The molecule has 0 radical (unpaired) electrons. The van der Waals surface area contributed by atoms with Crippen molar-refractivity contribution in [1.82, 2.24) is 24.9 Å². The third-order valence-electron chi connectivity index (χ3n) is 3.86. The number of pyridine rings is 1. The Morgan fingerprint density at radius 3 is 2.89 bits per heavy atom. The van der Waals surface area contributed by atoms with Crippen molar-refractivity contribution < 1.29 is 0 Å². The number of nitrogens with one attached hydrogen (secondary N) is 3. The summed E-state index contributed by atoms with van der Waals surface area (Å²) in [7, 11) is 0. The Hall–Kier alpha value is -2.26. The second-order valence-electron chi connectivity index (χ2n) is 5.83. The highest BCUT2D eigenvalue weighted by molar-refractivity contribution is 7.99. The van der Waals surface area contributed by atoms with E-state index in [-0.39, 0.29) is 5.56 Å². The molecule has 0 spiro atoms. The largest absolute Gasteiger partial charge is 0.355 e. The highest BCUT2D eigenvalue weighted by Crippen LogP contribution is 2.16. The second kappa shape index (κ2) is 10.2. The molecule has 0 saturated carbocycles. The topological polar surface area (TPSA) is 99.3 Å². The van der Waals surface area contributed by atoms with E-state index in [1.807, 2.05) is 25.3 Å². The lowest BCUT2D eigenvalue weighted by molar-refractivity contribution is 0.994. The molecule has 3 heterocycles. The van der Waals surface area contributed by atoms with Crippen LogP contribution in [-0.4, -0.2) is 43.0 Å². The molecule has 0 bridgehead atoms. The Bertz CT molecular complexity index is 896. The molecular formula is C18H22N6OS2. The summed E-state index contributed by atoms with van der Waals surface area (Å²) in [6.45, 7) is 2.75. The van der Waals surface area contributed by atoms with Crippen LogP contribution in [0.4, 0.5) is 5.95 Å². The average Bonchev–Trinajstić information content (AvgIpc) is 3.09. The van der Waals surface area contributed by atoms with E-state index >= 15 is 0 Å². The smallest absolute Gasteiger partial charge is 0.255 e. The standard InChI is InChI=1S/C18H22N6OS2/c1-13-16(23-12-22-13)11-26-8-6-20-18-21-9-14(17(25)24-18)4-7-27-15-3-2-5-19-10-15/h2-3,5,9-10,12H,4,6-8,11H2,1H3,(H,22,23)(H2,20,21,24,25). The number of H-pyrrole nitrogens is 2. The molecule has 0 aliphatic rings. The van der Waals surface area contributed by atoms with Gasteiger partial charge in [0, 0.05) is 58.5 Å². The molecular weight excluding hydrogens is 380 g/mol. The summed E-state index contributed by atoms with van der Waals surface area (Å²) in [5.74, 6) is 3.10. The van der Waals surface area contributed by atoms with E-state index in [9.17, 15) is 4.79 Å². The number of anilines is 1. The molecule has 0 aliphatic carbocycles. The number of imidazole rings is 1. The van der Waals surface area contributed by atoms with Gasteiger partial charge in [0.05, 0.1) is 12.0 Å². The van der Waals surface area contributed by atoms with Crippen molar-refractivity contribution in [3.63, 3.8) is 0 Å². The van der Waals surface area contributed by atoms with Crippen molar-refractivity contribution in [3.05, 3.63) is 64.4 Å². The van der Waals surface area contributed by atoms with E-state index < -0.39 is 0 Å². The summed E-state index contributed by atoms with van der Waals surface area (Å²) in [4.78, 5) is 31.8. The van der Waals surface area contributed by atoms with Crippen molar-refractivity contribution in [3.8, 4) is 0 Å². The molecule has 0 fully saturated rings. The number of aromatic amines is 2. The minimum absolute atomic E-state index is 0.0842. The first-order valence-corrected chi connectivity index (χ1v) is 10.8. The molecule has 0 unspecified atom stereocenters. The van der Waals surface area contributed by atoms with Crippen molar-refractivity contribution in [1.29, 1.82) is 0 Å². The van der Waals surface area contributed by atoms with Crippen LogP contribution in [0.15, 0.2) is 46.7 Å². The van der Waals surface area contributed by atoms with Gasteiger partial charge in [-0.15, -0.1) is 11.8 Å². The molecule has 3 aromatic heterocycles. The number of aryl methyl sites for hydroxylation is 2. The lowest BCUT2D eigenvalue weighted by atomic mass is 10.3. The number of aromatic nitrogens is 5. The van der Waals surface area contributed by atoms with Crippen LogP contribution in [-0.2, 0) is 12.2 Å². The third kappa shape index (κ3) is 6.14. The number of hydrogen-bond donors (Lipinski definition) is 3. The van der Waals surface area contributed by atoms with Crippen molar-refractivity contribution >= 4 is 29.5 Å². The average molecular weight is 403 g/mol. The van der Waals surface area contributed by atoms with Crippen LogP contribution in [0.5, 0.6) is 0 Å². The minimum atomic E-state index is -0.0842. The Morgan fingerprint density at radius 2 is 2.15 bits per heavy atom. The van der Waals surface area contributed by atoms with Crippen molar-refractivity contribution in [2.45, 2.75) is 24.0 Å². The second-order valence-corrected chi connectivity index (χ2v) is 8.10. The summed E-state index contributed by atoms with van der Waals surface area (Å²) in [5, 5.41) is 3.16. The zero-order valence-electron chi connectivity index (χ0n) is 15.1. The normalized spacial score (nSPS) is 10.9. The van der Waals surface area contributed by atoms with Crippen LogP contribution in [0, 0.1) is 6.92 Å². The Balaban J connectivity index is 1.38. The molecule has 0 aliphatic heterocycles. The van der Waals surface area contributed by atoms with Crippen LogP contribution in [0.3, 0.4) is 0 Å². The zero-order valence-corrected chi connectivity index (χ0v) is 16.7. The first-order valence-electron chi connectivity index (χ1n) is 8.64. The summed E-state index contributed by atoms with van der Waals surface area (Å²) < 4.78 is 0. The molecule has 3 N–H and O–H groups in total. The fraction of sp³-hybridized carbons (Fsp3) is 0.333. The lowest BCUT2D eigenvalue weighted by Crippen LogP contribution is -2.18. The number of rotatable bonds is 10. The van der Waals surface area contributed by atoms with Crippen LogP contribution in [0.2, 0.25) is 0 Å². The van der Waals surface area contributed by atoms with Crippen LogP contribution in [0.1, 0.15) is 17.0 Å². The predicted octanol–water partition coefficient (Wildman–Crippen LogP) is 2.88. The maximum Gasteiger partial charge on any atom is 0.255 e. The van der Waals surface area contributed by atoms with Gasteiger partial charge in [-0.05, 0) is 25.5 Å². The Labute approximate surface area is 166 Å². The van der Waals surface area contributed by atoms with Crippen molar-refractivity contribution in [2.75, 3.05) is 23.4 Å². The van der Waals surface area contributed by atoms with Crippen molar-refractivity contribution in [2.24, 2.45) is 0 Å². The zero-order chi connectivity index (χ0) is 18.9. The van der Waals surface area contributed by atoms with Gasteiger partial charge in [-0.3, -0.25) is 14.8 Å². The number of nitrogens with zero attached hydrogens (tertiary/aromatic N) is 3. The summed E-state index contributed by atoms with van der Waals surface area (Å²) in [6, 6.07) is 3.92. The number of hydrogen-bond acceptors (Lipinski definition) is 7. The molecule has 7 nitrogen and oxygen atoms in total. The van der Waals surface area contributed by atoms with Gasteiger partial charge in [0.1, 0.15) is 0 Å². The predicted molar refractivity (Wildman–Crippen MR) is 111 cm³/mol. The molecule has 3 aromatic rings. The fourth-order valence-electron chi connectivity index (χ4n) is 2.34. The maximum absolute atomic E-state index is 12.2. The lowest BCUT2D eigenvalue weighted by Gasteiger charge is -2.06. The monoisotopic (exact) mass is 402 g/mol. The van der Waals surface area contributed by atoms with Gasteiger partial charge < -0.3 is 10.3 Å². The molecule has 3 rings (SSSR count). The maximum atomic E-state index is 12.2. The quantitative estimate of drug-likeness (QED) is 0.354. The van der Waals surface area contributed by atoms with E-state index in [1.165, 1.54) is 0 Å². The van der Waals surface area contributed by atoms with E-state index in [0.29, 0.717) is 17.9 Å². The van der Waals surface area contributed by atoms with Crippen LogP contribution >= 0.6 is 23.5 Å². The summed E-state index contributed by atoms with van der Waals surface area (Å²) in [5.41, 5.74) is 2.80. The van der Waals surface area contributed by atoms with Crippen LogP contribution in [0.25, 0.3) is 0 Å². The summed E-state index contributed by atoms with van der Waals surface area (Å²) in [6.07, 6.45) is 7.62. The van der Waals surface area contributed by atoms with E-state index in [1.54, 1.807) is 42.2 Å². The van der Waals surface area contributed by atoms with Gasteiger partial charge in [0.25, 0.3) is 5.56 Å². The van der Waals surface area contributed by atoms with Gasteiger partial charge in [0.2, 0.25) is 5.95 Å². The molecule has 0 atom stereocenters. The van der Waals surface area contributed by atoms with E-state index in [0.717, 1.165) is 40.1 Å². The van der Waals surface area contributed by atoms with Gasteiger partial charge in [-0.25, -0.2) is 9.97 Å². The Kier molecular flexibility index (Phi) is 7.35. The molecule has 27 heavy (non-hydrogen) atoms. The molecule has 0 aromatic carbocycles. The molecule has 9 heteroatoms. The van der Waals surface area contributed by atoms with Gasteiger partial charge in [0.15, 0.2) is 0 Å². The molecule has 142 valence electrons. The third-order valence-corrected chi connectivity index (χ3v) is 5.81. The highest BCUT2D eigenvalue weighted by Gasteiger charge is 2.04. The first-order chi connectivity index (χ1) is 13.2. The van der Waals surface area contributed by atoms with Crippen LogP contribution < -0.4 is 10.9 Å². The SMILES string of the molecule is Cc1[nH]cnc1CSCCNc1ncc(CCSc2cccnc2)c(=O)[nH]1. The minimum Gasteiger partial charge on any atom is -0.355 e. The number of thioether (sulfide) groups is 2. The summed E-state index contributed by atoms with van der Waals surface area (Å²) >= 11 is 3.47. The Morgan fingerprint density at radius 1 is 1.22 bits per heavy atom. The van der Waals surface area contributed by atoms with Gasteiger partial charge in [-0.2, -0.15) is 11.8 Å². The highest BCUT2D eigenvalue weighted by atomic mass is 32.2. The molecule has 0 amide bonds. The fourth-order valence-corrected chi connectivity index (χ4v) is 4.09. The van der Waals surface area contributed by atoms with Gasteiger partial charge in [-0.1, -0.05) is 0 Å².